The van der Waals surface area contributed by atoms with Crippen molar-refractivity contribution in [2.24, 2.45) is 5.92 Å². The number of aromatic nitrogens is 1. The Morgan fingerprint density at radius 2 is 2.32 bits per heavy atom. The summed E-state index contributed by atoms with van der Waals surface area (Å²) in [4.78, 5) is 20.2. The SMILES string of the molecule is COc1cccc(-c2ncc(CN3C[C@H]4COC[C@@H](C3)C(=O)N4)s2)c1. The van der Waals surface area contributed by atoms with E-state index in [1.54, 1.807) is 18.4 Å². The Hall–Kier alpha value is -1.96. The highest BCUT2D eigenvalue weighted by Crippen LogP contribution is 2.29. The van der Waals surface area contributed by atoms with Gasteiger partial charge >= 0.3 is 0 Å². The molecule has 2 fully saturated rings. The lowest BCUT2D eigenvalue weighted by Gasteiger charge is -2.26. The van der Waals surface area contributed by atoms with Gasteiger partial charge in [0, 0.05) is 36.3 Å². The Labute approximate surface area is 150 Å². The molecular weight excluding hydrogens is 338 g/mol. The molecule has 1 N–H and O–H groups in total. The number of thiazole rings is 1. The monoisotopic (exact) mass is 359 g/mol. The molecule has 0 unspecified atom stereocenters. The van der Waals surface area contributed by atoms with Crippen LogP contribution >= 0.6 is 11.3 Å². The number of nitrogens with zero attached hydrogens (tertiary/aromatic N) is 2. The number of ether oxygens (including phenoxy) is 2. The summed E-state index contributed by atoms with van der Waals surface area (Å²) in [6.07, 6.45) is 1.94. The first-order valence-corrected chi connectivity index (χ1v) is 9.22. The van der Waals surface area contributed by atoms with Gasteiger partial charge in [-0.05, 0) is 12.1 Å². The summed E-state index contributed by atoms with van der Waals surface area (Å²) >= 11 is 1.69. The maximum atomic E-state index is 12.1. The lowest BCUT2D eigenvalue weighted by Crippen LogP contribution is -2.41. The van der Waals surface area contributed by atoms with E-state index in [4.69, 9.17) is 9.47 Å². The van der Waals surface area contributed by atoms with Gasteiger partial charge in [-0.15, -0.1) is 11.3 Å². The minimum Gasteiger partial charge on any atom is -0.497 e. The van der Waals surface area contributed by atoms with Crippen molar-refractivity contribution in [1.29, 1.82) is 0 Å². The fourth-order valence-corrected chi connectivity index (χ4v) is 4.29. The highest BCUT2D eigenvalue weighted by atomic mass is 32.1. The molecule has 1 aromatic carbocycles. The van der Waals surface area contributed by atoms with Gasteiger partial charge in [0.15, 0.2) is 0 Å². The zero-order valence-corrected chi connectivity index (χ0v) is 14.9. The van der Waals surface area contributed by atoms with Gasteiger partial charge < -0.3 is 14.8 Å². The second kappa shape index (κ2) is 7.11. The zero-order valence-electron chi connectivity index (χ0n) is 14.1. The highest BCUT2D eigenvalue weighted by molar-refractivity contribution is 7.15. The van der Waals surface area contributed by atoms with Crippen LogP contribution in [0.5, 0.6) is 5.75 Å². The fraction of sp³-hybridized carbons (Fsp3) is 0.444. The third-order valence-corrected chi connectivity index (χ3v) is 5.59. The number of fused-ring (bicyclic) bond motifs is 3. The fourth-order valence-electron chi connectivity index (χ4n) is 3.34. The van der Waals surface area contributed by atoms with Gasteiger partial charge in [0.2, 0.25) is 5.91 Å². The minimum atomic E-state index is -0.0849. The molecule has 1 aromatic heterocycles. The summed E-state index contributed by atoms with van der Waals surface area (Å²) in [6.45, 7) is 3.46. The average Bonchev–Trinajstić information content (AvgIpc) is 2.93. The third kappa shape index (κ3) is 3.68. The molecular formula is C18H21N3O3S. The average molecular weight is 359 g/mol. The summed E-state index contributed by atoms with van der Waals surface area (Å²) in [5, 5.41) is 4.06. The van der Waals surface area contributed by atoms with Gasteiger partial charge in [-0.3, -0.25) is 9.69 Å². The van der Waals surface area contributed by atoms with E-state index < -0.39 is 0 Å². The predicted molar refractivity (Wildman–Crippen MR) is 95.6 cm³/mol. The molecule has 2 saturated heterocycles. The summed E-state index contributed by atoms with van der Waals surface area (Å²) in [5.41, 5.74) is 1.06. The van der Waals surface area contributed by atoms with E-state index >= 15 is 0 Å². The van der Waals surface area contributed by atoms with Crippen molar-refractivity contribution in [3.05, 3.63) is 35.3 Å². The first-order valence-electron chi connectivity index (χ1n) is 8.41. The second-order valence-electron chi connectivity index (χ2n) is 6.50. The van der Waals surface area contributed by atoms with Crippen molar-refractivity contribution in [3.8, 4) is 16.3 Å². The number of carbonyl (C=O) groups is 1. The lowest BCUT2D eigenvalue weighted by atomic mass is 10.1. The van der Waals surface area contributed by atoms with Crippen LogP contribution in [-0.4, -0.2) is 55.2 Å². The maximum Gasteiger partial charge on any atom is 0.227 e. The molecule has 0 saturated carbocycles. The van der Waals surface area contributed by atoms with Crippen LogP contribution in [0.25, 0.3) is 10.6 Å². The Kier molecular flexibility index (Phi) is 4.70. The number of nitrogens with one attached hydrogen (secondary N) is 1. The standard InChI is InChI=1S/C18H21N3O3S/c1-23-15-4-2-3-12(5-15)18-19-6-16(25-18)9-21-7-13-10-24-11-14(8-21)20-17(13)22/h2-6,13-14H,7-11H2,1H3,(H,20,22)/t13-,14+/m1/s1. The van der Waals surface area contributed by atoms with E-state index in [2.05, 4.69) is 15.2 Å². The largest absolute Gasteiger partial charge is 0.497 e. The molecule has 0 radical (unpaired) electrons. The van der Waals surface area contributed by atoms with Crippen LogP contribution in [0.2, 0.25) is 0 Å². The third-order valence-electron chi connectivity index (χ3n) is 4.56. The quantitative estimate of drug-likeness (QED) is 0.901. The first kappa shape index (κ1) is 16.5. The summed E-state index contributed by atoms with van der Waals surface area (Å²) in [5.74, 6) is 0.865. The van der Waals surface area contributed by atoms with Crippen molar-refractivity contribution < 1.29 is 14.3 Å². The molecule has 2 aliphatic rings. The van der Waals surface area contributed by atoms with Crippen LogP contribution in [0.4, 0.5) is 0 Å². The molecule has 2 aliphatic heterocycles. The molecule has 6 nitrogen and oxygen atoms in total. The maximum absolute atomic E-state index is 12.1. The Morgan fingerprint density at radius 1 is 1.40 bits per heavy atom. The normalized spacial score (nSPS) is 23.8. The van der Waals surface area contributed by atoms with Gasteiger partial charge in [-0.1, -0.05) is 12.1 Å². The molecule has 7 heteroatoms. The van der Waals surface area contributed by atoms with E-state index in [9.17, 15) is 4.79 Å². The molecule has 2 aromatic rings. The molecule has 0 aliphatic carbocycles. The van der Waals surface area contributed by atoms with Gasteiger partial charge in [-0.25, -0.2) is 4.98 Å². The van der Waals surface area contributed by atoms with E-state index in [1.165, 1.54) is 4.88 Å². The molecule has 132 valence electrons. The number of carbonyl (C=O) groups excluding carboxylic acids is 1. The van der Waals surface area contributed by atoms with Crippen LogP contribution < -0.4 is 10.1 Å². The van der Waals surface area contributed by atoms with Crippen LogP contribution in [0.3, 0.4) is 0 Å². The number of benzene rings is 1. The lowest BCUT2D eigenvalue weighted by molar-refractivity contribution is -0.125. The predicted octanol–water partition coefficient (Wildman–Crippen LogP) is 1.77. The number of amides is 1. The van der Waals surface area contributed by atoms with Crippen LogP contribution in [0.1, 0.15) is 4.88 Å². The van der Waals surface area contributed by atoms with E-state index in [-0.39, 0.29) is 17.9 Å². The Bertz CT molecular complexity index is 764. The summed E-state index contributed by atoms with van der Waals surface area (Å²) in [7, 11) is 1.67. The number of hydrogen-bond acceptors (Lipinski definition) is 6. The van der Waals surface area contributed by atoms with Gasteiger partial charge in [-0.2, -0.15) is 0 Å². The Balaban J connectivity index is 1.48. The summed E-state index contributed by atoms with van der Waals surface area (Å²) < 4.78 is 10.9. The number of methoxy groups -OCH3 is 1. The molecule has 3 heterocycles. The van der Waals surface area contributed by atoms with Crippen molar-refractivity contribution >= 4 is 17.2 Å². The Morgan fingerprint density at radius 3 is 3.20 bits per heavy atom. The van der Waals surface area contributed by atoms with E-state index in [0.717, 1.165) is 36.0 Å². The number of rotatable bonds is 4. The topological polar surface area (TPSA) is 63.7 Å². The number of hydrogen-bond donors (Lipinski definition) is 1. The smallest absolute Gasteiger partial charge is 0.227 e. The molecule has 0 spiro atoms. The van der Waals surface area contributed by atoms with E-state index in [1.807, 2.05) is 30.5 Å². The van der Waals surface area contributed by atoms with Crippen LogP contribution in [0.15, 0.2) is 30.5 Å². The van der Waals surface area contributed by atoms with Gasteiger partial charge in [0.25, 0.3) is 0 Å². The van der Waals surface area contributed by atoms with E-state index in [0.29, 0.717) is 13.2 Å². The molecule has 2 atom stereocenters. The minimum absolute atomic E-state index is 0.0748. The van der Waals surface area contributed by atoms with Crippen LogP contribution in [-0.2, 0) is 16.1 Å². The van der Waals surface area contributed by atoms with Crippen molar-refractivity contribution in [2.75, 3.05) is 33.4 Å². The van der Waals surface area contributed by atoms with Crippen molar-refractivity contribution in [2.45, 2.75) is 12.6 Å². The first-order chi connectivity index (χ1) is 12.2. The highest BCUT2D eigenvalue weighted by Gasteiger charge is 2.33. The second-order valence-corrected chi connectivity index (χ2v) is 7.61. The van der Waals surface area contributed by atoms with Gasteiger partial charge in [0.05, 0.1) is 32.3 Å². The molecule has 4 rings (SSSR count). The van der Waals surface area contributed by atoms with Crippen molar-refractivity contribution in [3.63, 3.8) is 0 Å². The van der Waals surface area contributed by atoms with Crippen LogP contribution in [0, 0.1) is 5.92 Å². The molecule has 2 bridgehead atoms. The molecule has 25 heavy (non-hydrogen) atoms. The zero-order chi connectivity index (χ0) is 17.2. The molecule has 1 amide bonds. The summed E-state index contributed by atoms with van der Waals surface area (Å²) in [6, 6.07) is 8.02. The van der Waals surface area contributed by atoms with Crippen molar-refractivity contribution in [1.82, 2.24) is 15.2 Å². The van der Waals surface area contributed by atoms with Gasteiger partial charge in [0.1, 0.15) is 10.8 Å².